The molecule has 0 spiro atoms. The second-order valence-electron chi connectivity index (χ2n) is 9.18. The standard InChI is InChI=1S/C25H39N7O7/c1-3-14(2)20(23(37)31-18(24(38)39)12-15-8-5-4-6-9-15)32-22(36)17(10-7-11-29-25(27)28)30-21(35)16(26)13-19(33)34/h4-6,8-9,14,16-18,20H,3,7,10-13,26H2,1-2H3,(H,30,35)(H,31,37)(H,32,36)(H,33,34)(H,38,39)(H4,27,28,29). The van der Waals surface area contributed by atoms with Crippen molar-refractivity contribution in [2.45, 2.75) is 70.1 Å². The topological polar surface area (TPSA) is 252 Å². The van der Waals surface area contributed by atoms with Crippen LogP contribution in [-0.2, 0) is 30.4 Å². The van der Waals surface area contributed by atoms with Gasteiger partial charge in [0.25, 0.3) is 0 Å². The van der Waals surface area contributed by atoms with Crippen LogP contribution in [0.2, 0.25) is 0 Å². The van der Waals surface area contributed by atoms with Crippen molar-refractivity contribution in [1.82, 2.24) is 16.0 Å². The normalized spacial score (nSPS) is 14.5. The smallest absolute Gasteiger partial charge is 0.326 e. The fourth-order valence-corrected chi connectivity index (χ4v) is 3.60. The van der Waals surface area contributed by atoms with Crippen LogP contribution >= 0.6 is 0 Å². The number of nitrogens with one attached hydrogen (secondary N) is 3. The quantitative estimate of drug-likeness (QED) is 0.0645. The van der Waals surface area contributed by atoms with Gasteiger partial charge in [0, 0.05) is 13.0 Å². The van der Waals surface area contributed by atoms with Crippen molar-refractivity contribution in [2.24, 2.45) is 28.1 Å². The Labute approximate surface area is 226 Å². The third kappa shape index (κ3) is 12.3. The van der Waals surface area contributed by atoms with Gasteiger partial charge in [0.1, 0.15) is 18.1 Å². The molecule has 0 aliphatic heterocycles. The molecule has 39 heavy (non-hydrogen) atoms. The van der Waals surface area contributed by atoms with Gasteiger partial charge in [0.15, 0.2) is 5.96 Å². The van der Waals surface area contributed by atoms with E-state index in [1.54, 1.807) is 44.2 Å². The van der Waals surface area contributed by atoms with E-state index in [9.17, 15) is 29.1 Å². The number of amides is 3. The zero-order valence-corrected chi connectivity index (χ0v) is 22.1. The third-order valence-electron chi connectivity index (χ3n) is 6.00. The van der Waals surface area contributed by atoms with E-state index in [1.807, 2.05) is 0 Å². The lowest BCUT2D eigenvalue weighted by atomic mass is 9.96. The summed E-state index contributed by atoms with van der Waals surface area (Å²) >= 11 is 0. The van der Waals surface area contributed by atoms with Crippen molar-refractivity contribution in [3.63, 3.8) is 0 Å². The highest BCUT2D eigenvalue weighted by atomic mass is 16.4. The van der Waals surface area contributed by atoms with Crippen LogP contribution in [0.3, 0.4) is 0 Å². The Hall–Kier alpha value is -4.20. The Morgan fingerprint density at radius 1 is 0.923 bits per heavy atom. The van der Waals surface area contributed by atoms with Gasteiger partial charge in [0.2, 0.25) is 17.7 Å². The number of carbonyl (C=O) groups is 5. The molecule has 0 fully saturated rings. The molecule has 14 heteroatoms. The van der Waals surface area contributed by atoms with E-state index in [0.29, 0.717) is 12.0 Å². The van der Waals surface area contributed by atoms with Crippen LogP contribution in [0.25, 0.3) is 0 Å². The van der Waals surface area contributed by atoms with Crippen LogP contribution in [0, 0.1) is 5.92 Å². The minimum atomic E-state index is -1.40. The summed E-state index contributed by atoms with van der Waals surface area (Å²) in [5.41, 5.74) is 17.0. The third-order valence-corrected chi connectivity index (χ3v) is 6.00. The van der Waals surface area contributed by atoms with Gasteiger partial charge >= 0.3 is 11.9 Å². The van der Waals surface area contributed by atoms with E-state index in [2.05, 4.69) is 20.9 Å². The van der Waals surface area contributed by atoms with Gasteiger partial charge in [0.05, 0.1) is 12.5 Å². The lowest BCUT2D eigenvalue weighted by Crippen LogP contribution is -2.59. The molecule has 0 saturated carbocycles. The largest absolute Gasteiger partial charge is 0.481 e. The maximum atomic E-state index is 13.2. The second-order valence-corrected chi connectivity index (χ2v) is 9.18. The maximum Gasteiger partial charge on any atom is 0.326 e. The molecule has 0 bridgehead atoms. The maximum absolute atomic E-state index is 13.2. The summed E-state index contributed by atoms with van der Waals surface area (Å²) in [5, 5.41) is 26.1. The van der Waals surface area contributed by atoms with Gasteiger partial charge in [-0.05, 0) is 24.3 Å². The van der Waals surface area contributed by atoms with Crippen LogP contribution in [0.4, 0.5) is 0 Å². The summed E-state index contributed by atoms with van der Waals surface area (Å²) in [6, 6.07) is 3.81. The van der Waals surface area contributed by atoms with Gasteiger partial charge < -0.3 is 43.4 Å². The van der Waals surface area contributed by atoms with Crippen molar-refractivity contribution in [1.29, 1.82) is 0 Å². The predicted octanol–water partition coefficient (Wildman–Crippen LogP) is -1.33. The number of rotatable bonds is 17. The van der Waals surface area contributed by atoms with Gasteiger partial charge in [-0.3, -0.25) is 24.2 Å². The van der Waals surface area contributed by atoms with Gasteiger partial charge in [-0.2, -0.15) is 0 Å². The molecule has 3 amide bonds. The zero-order valence-electron chi connectivity index (χ0n) is 22.1. The molecule has 5 atom stereocenters. The van der Waals surface area contributed by atoms with Crippen molar-refractivity contribution >= 4 is 35.6 Å². The molecule has 5 unspecified atom stereocenters. The highest BCUT2D eigenvalue weighted by Gasteiger charge is 2.33. The Bertz CT molecular complexity index is 1020. The zero-order chi connectivity index (χ0) is 29.5. The number of benzene rings is 1. The first-order valence-corrected chi connectivity index (χ1v) is 12.6. The molecule has 1 rings (SSSR count). The molecule has 14 nitrogen and oxygen atoms in total. The van der Waals surface area contributed by atoms with Gasteiger partial charge in [-0.25, -0.2) is 4.79 Å². The first kappa shape index (κ1) is 32.8. The fraction of sp³-hybridized carbons (Fsp3) is 0.520. The summed E-state index contributed by atoms with van der Waals surface area (Å²) in [5.74, 6) is -5.37. The summed E-state index contributed by atoms with van der Waals surface area (Å²) in [7, 11) is 0. The number of carboxylic acid groups (broad SMARTS) is 2. The highest BCUT2D eigenvalue weighted by molar-refractivity contribution is 5.94. The molecule has 0 heterocycles. The molecule has 0 aliphatic rings. The average Bonchev–Trinajstić information content (AvgIpc) is 2.87. The molecule has 0 aromatic heterocycles. The van der Waals surface area contributed by atoms with E-state index in [4.69, 9.17) is 22.3 Å². The molecular weight excluding hydrogens is 510 g/mol. The van der Waals surface area contributed by atoms with Gasteiger partial charge in [-0.1, -0.05) is 50.6 Å². The first-order chi connectivity index (χ1) is 18.3. The van der Waals surface area contributed by atoms with Gasteiger partial charge in [-0.15, -0.1) is 0 Å². The fourth-order valence-electron chi connectivity index (χ4n) is 3.60. The number of guanidine groups is 1. The van der Waals surface area contributed by atoms with E-state index in [-0.39, 0.29) is 31.8 Å². The molecule has 0 aliphatic carbocycles. The number of nitrogens with zero attached hydrogens (tertiary/aromatic N) is 1. The minimum absolute atomic E-state index is 0.0357. The van der Waals surface area contributed by atoms with E-state index in [0.717, 1.165) is 0 Å². The Kier molecular flexibility index (Phi) is 14.0. The summed E-state index contributed by atoms with van der Waals surface area (Å²) in [6.45, 7) is 3.67. The molecule has 1 aromatic rings. The van der Waals surface area contributed by atoms with Crippen molar-refractivity contribution in [3.8, 4) is 0 Å². The second kappa shape index (κ2) is 16.6. The monoisotopic (exact) mass is 549 g/mol. The van der Waals surface area contributed by atoms with Crippen molar-refractivity contribution < 1.29 is 34.2 Å². The Morgan fingerprint density at radius 2 is 1.54 bits per heavy atom. The van der Waals surface area contributed by atoms with E-state index >= 15 is 0 Å². The highest BCUT2D eigenvalue weighted by Crippen LogP contribution is 2.11. The Balaban J connectivity index is 3.07. The number of aliphatic carboxylic acids is 2. The number of hydrogen-bond donors (Lipinski definition) is 8. The number of nitrogens with two attached hydrogens (primary N) is 3. The summed E-state index contributed by atoms with van der Waals surface area (Å²) in [4.78, 5) is 65.5. The number of carbonyl (C=O) groups excluding carboxylic acids is 3. The van der Waals surface area contributed by atoms with Crippen LogP contribution in [-0.4, -0.2) is 76.5 Å². The molecule has 0 saturated heterocycles. The molecule has 11 N–H and O–H groups in total. The van der Waals surface area contributed by atoms with Crippen molar-refractivity contribution in [3.05, 3.63) is 35.9 Å². The Morgan fingerprint density at radius 3 is 2.08 bits per heavy atom. The minimum Gasteiger partial charge on any atom is -0.481 e. The van der Waals surface area contributed by atoms with Crippen LogP contribution < -0.4 is 33.2 Å². The van der Waals surface area contributed by atoms with E-state index in [1.165, 1.54) is 0 Å². The summed E-state index contributed by atoms with van der Waals surface area (Å²) in [6.07, 6.45) is 0.176. The lowest BCUT2D eigenvalue weighted by Gasteiger charge is -2.28. The average molecular weight is 550 g/mol. The predicted molar refractivity (Wildman–Crippen MR) is 143 cm³/mol. The summed E-state index contributed by atoms with van der Waals surface area (Å²) < 4.78 is 0. The molecule has 0 radical (unpaired) electrons. The molecule has 1 aromatic carbocycles. The lowest BCUT2D eigenvalue weighted by molar-refractivity contribution is -0.142. The first-order valence-electron chi connectivity index (χ1n) is 12.6. The van der Waals surface area contributed by atoms with Crippen molar-refractivity contribution in [2.75, 3.05) is 6.54 Å². The SMILES string of the molecule is CCC(C)C(NC(=O)C(CCCN=C(N)N)NC(=O)C(N)CC(=O)O)C(=O)NC(Cc1ccccc1)C(=O)O. The van der Waals surface area contributed by atoms with Crippen LogP contribution in [0.5, 0.6) is 0 Å². The molecule has 216 valence electrons. The number of aliphatic imine (C=N–C) groups is 1. The van der Waals surface area contributed by atoms with E-state index < -0.39 is 66.2 Å². The van der Waals surface area contributed by atoms with Crippen LogP contribution in [0.1, 0.15) is 45.1 Å². The van der Waals surface area contributed by atoms with Crippen LogP contribution in [0.15, 0.2) is 35.3 Å². The number of hydrogen-bond acceptors (Lipinski definition) is 7. The number of carboxylic acids is 2. The molecular formula is C25H39N7O7.